The van der Waals surface area contributed by atoms with Crippen LogP contribution in [0.3, 0.4) is 0 Å². The Balaban J connectivity index is 1.82. The number of aromatic nitrogens is 2. The van der Waals surface area contributed by atoms with Gasteiger partial charge in [-0.2, -0.15) is 5.10 Å². The Hall–Kier alpha value is -1.85. The van der Waals surface area contributed by atoms with Crippen LogP contribution < -0.4 is 0 Å². The maximum Gasteiger partial charge on any atom is 0.274 e. The summed E-state index contributed by atoms with van der Waals surface area (Å²) in [5.41, 5.74) is 1.10. The Labute approximate surface area is 127 Å². The van der Waals surface area contributed by atoms with E-state index in [-0.39, 0.29) is 5.91 Å². The van der Waals surface area contributed by atoms with E-state index in [9.17, 15) is 9.90 Å². The van der Waals surface area contributed by atoms with Crippen molar-refractivity contribution in [1.82, 2.24) is 14.7 Å². The van der Waals surface area contributed by atoms with Gasteiger partial charge in [0.1, 0.15) is 0 Å². The summed E-state index contributed by atoms with van der Waals surface area (Å²) in [5, 5.41) is 14.5. The molecule has 0 spiro atoms. The number of amides is 1. The highest BCUT2D eigenvalue weighted by Crippen LogP contribution is 2.20. The van der Waals surface area contributed by atoms with E-state index in [2.05, 4.69) is 5.10 Å². The maximum atomic E-state index is 12.4. The fourth-order valence-electron chi connectivity index (χ4n) is 2.51. The number of aliphatic hydroxyl groups is 1. The number of piperidine rings is 1. The average Bonchev–Trinajstić information content (AvgIpc) is 2.96. The summed E-state index contributed by atoms with van der Waals surface area (Å²) in [7, 11) is 0. The fraction of sp³-hybridized carbons (Fsp3) is 0.333. The predicted molar refractivity (Wildman–Crippen MR) is 79.7 cm³/mol. The van der Waals surface area contributed by atoms with Crippen LogP contribution in [0.1, 0.15) is 23.3 Å². The van der Waals surface area contributed by atoms with Crippen LogP contribution in [-0.4, -0.2) is 44.9 Å². The van der Waals surface area contributed by atoms with Gasteiger partial charge in [0.2, 0.25) is 0 Å². The minimum atomic E-state index is -0.437. The summed E-state index contributed by atoms with van der Waals surface area (Å²) >= 11 is 6.13. The molecule has 0 aliphatic carbocycles. The molecule has 1 aliphatic rings. The second kappa shape index (κ2) is 5.87. The van der Waals surface area contributed by atoms with Crippen LogP contribution in [0.2, 0.25) is 5.02 Å². The topological polar surface area (TPSA) is 58.4 Å². The number of benzene rings is 1. The number of hydrogen-bond donors (Lipinski definition) is 1. The summed E-state index contributed by atoms with van der Waals surface area (Å²) in [5.74, 6) is -0.153. The lowest BCUT2D eigenvalue weighted by molar-refractivity contribution is 0.0468. The molecule has 1 aromatic heterocycles. The molecule has 0 saturated carbocycles. The Morgan fingerprint density at radius 3 is 2.90 bits per heavy atom. The Bertz CT molecular complexity index is 656. The van der Waals surface area contributed by atoms with Gasteiger partial charge < -0.3 is 10.0 Å². The van der Waals surface area contributed by atoms with Crippen LogP contribution >= 0.6 is 11.6 Å². The maximum absolute atomic E-state index is 12.4. The number of rotatable bonds is 2. The first-order valence-corrected chi connectivity index (χ1v) is 7.31. The molecule has 110 valence electrons. The Kier molecular flexibility index (Phi) is 3.94. The molecule has 1 atom stereocenters. The van der Waals surface area contributed by atoms with Gasteiger partial charge in [-0.25, -0.2) is 4.68 Å². The minimum absolute atomic E-state index is 0.153. The lowest BCUT2D eigenvalue weighted by Crippen LogP contribution is -2.42. The van der Waals surface area contributed by atoms with E-state index < -0.39 is 6.10 Å². The lowest BCUT2D eigenvalue weighted by Gasteiger charge is -2.29. The van der Waals surface area contributed by atoms with E-state index in [1.165, 1.54) is 0 Å². The largest absolute Gasteiger partial charge is 0.391 e. The molecule has 1 aromatic carbocycles. The van der Waals surface area contributed by atoms with Gasteiger partial charge in [0, 0.05) is 19.3 Å². The van der Waals surface area contributed by atoms with Crippen molar-refractivity contribution in [2.24, 2.45) is 0 Å². The number of hydrogen-bond acceptors (Lipinski definition) is 3. The molecule has 6 heteroatoms. The van der Waals surface area contributed by atoms with Gasteiger partial charge in [0.25, 0.3) is 5.91 Å². The molecule has 1 fully saturated rings. The predicted octanol–water partition coefficient (Wildman–Crippen LogP) is 2.12. The molecule has 3 rings (SSSR count). The van der Waals surface area contributed by atoms with Crippen LogP contribution in [0.15, 0.2) is 36.5 Å². The molecule has 1 amide bonds. The third kappa shape index (κ3) is 2.94. The number of nitrogens with zero attached hydrogens (tertiary/aromatic N) is 3. The van der Waals surface area contributed by atoms with Gasteiger partial charge in [-0.15, -0.1) is 0 Å². The molecule has 2 aromatic rings. The van der Waals surface area contributed by atoms with E-state index in [1.807, 2.05) is 18.2 Å². The van der Waals surface area contributed by atoms with E-state index in [4.69, 9.17) is 11.6 Å². The number of para-hydroxylation sites is 1. The van der Waals surface area contributed by atoms with Crippen molar-refractivity contribution in [3.63, 3.8) is 0 Å². The quantitative estimate of drug-likeness (QED) is 0.924. The monoisotopic (exact) mass is 305 g/mol. The Morgan fingerprint density at radius 1 is 1.33 bits per heavy atom. The molecule has 5 nitrogen and oxygen atoms in total. The summed E-state index contributed by atoms with van der Waals surface area (Å²) in [4.78, 5) is 14.0. The summed E-state index contributed by atoms with van der Waals surface area (Å²) < 4.78 is 1.59. The fourth-order valence-corrected chi connectivity index (χ4v) is 2.73. The molecule has 0 bridgehead atoms. The number of likely N-dealkylation sites (tertiary alicyclic amines) is 1. The number of carbonyl (C=O) groups excluding carboxylic acids is 1. The molecular weight excluding hydrogens is 290 g/mol. The standard InChI is InChI=1S/C15H16ClN3O2/c16-12-5-1-2-6-14(12)19-9-7-13(17-19)15(21)18-8-3-4-11(20)10-18/h1-2,5-7,9,11,20H,3-4,8,10H2. The number of β-amino-alcohol motifs (C(OH)–C–C–N with tert-alkyl or cyclic N) is 1. The average molecular weight is 306 g/mol. The molecule has 1 N–H and O–H groups in total. The van der Waals surface area contributed by atoms with Crippen LogP contribution in [0.25, 0.3) is 5.69 Å². The van der Waals surface area contributed by atoms with Gasteiger partial charge in [-0.1, -0.05) is 23.7 Å². The minimum Gasteiger partial charge on any atom is -0.391 e. The normalized spacial score (nSPS) is 18.8. The summed E-state index contributed by atoms with van der Waals surface area (Å²) in [6.07, 6.45) is 2.85. The lowest BCUT2D eigenvalue weighted by atomic mass is 10.1. The number of carbonyl (C=O) groups is 1. The van der Waals surface area contributed by atoms with Gasteiger partial charge in [-0.3, -0.25) is 4.79 Å². The van der Waals surface area contributed by atoms with Crippen molar-refractivity contribution in [2.75, 3.05) is 13.1 Å². The van der Waals surface area contributed by atoms with Crippen molar-refractivity contribution in [3.8, 4) is 5.69 Å². The van der Waals surface area contributed by atoms with E-state index >= 15 is 0 Å². The molecule has 0 radical (unpaired) electrons. The SMILES string of the molecule is O=C(c1ccn(-c2ccccc2Cl)n1)N1CCCC(O)C1. The molecule has 1 unspecified atom stereocenters. The second-order valence-electron chi connectivity index (χ2n) is 5.14. The zero-order chi connectivity index (χ0) is 14.8. The van der Waals surface area contributed by atoms with Gasteiger partial charge in [0.15, 0.2) is 5.69 Å². The van der Waals surface area contributed by atoms with E-state index in [0.717, 1.165) is 18.5 Å². The number of halogens is 1. The zero-order valence-corrected chi connectivity index (χ0v) is 12.2. The first-order valence-electron chi connectivity index (χ1n) is 6.93. The van der Waals surface area contributed by atoms with Crippen molar-refractivity contribution in [1.29, 1.82) is 0 Å². The Morgan fingerprint density at radius 2 is 2.14 bits per heavy atom. The first kappa shape index (κ1) is 14.1. The van der Waals surface area contributed by atoms with Crippen LogP contribution in [0.5, 0.6) is 0 Å². The van der Waals surface area contributed by atoms with Crippen molar-refractivity contribution < 1.29 is 9.90 Å². The van der Waals surface area contributed by atoms with Crippen molar-refractivity contribution in [2.45, 2.75) is 18.9 Å². The van der Waals surface area contributed by atoms with Crippen molar-refractivity contribution >= 4 is 17.5 Å². The van der Waals surface area contributed by atoms with Gasteiger partial charge in [-0.05, 0) is 31.0 Å². The second-order valence-corrected chi connectivity index (χ2v) is 5.55. The van der Waals surface area contributed by atoms with Gasteiger partial charge >= 0.3 is 0 Å². The molecular formula is C15H16ClN3O2. The number of aliphatic hydroxyl groups excluding tert-OH is 1. The molecule has 2 heterocycles. The molecule has 21 heavy (non-hydrogen) atoms. The third-order valence-corrected chi connectivity index (χ3v) is 3.91. The molecule has 1 aliphatic heterocycles. The first-order chi connectivity index (χ1) is 10.1. The molecule has 1 saturated heterocycles. The third-order valence-electron chi connectivity index (χ3n) is 3.59. The smallest absolute Gasteiger partial charge is 0.274 e. The van der Waals surface area contributed by atoms with Crippen LogP contribution in [0, 0.1) is 0 Å². The zero-order valence-electron chi connectivity index (χ0n) is 11.4. The van der Waals surface area contributed by atoms with E-state index in [1.54, 1.807) is 27.9 Å². The summed E-state index contributed by atoms with van der Waals surface area (Å²) in [6.45, 7) is 1.03. The highest BCUT2D eigenvalue weighted by molar-refractivity contribution is 6.32. The highest BCUT2D eigenvalue weighted by Gasteiger charge is 2.24. The van der Waals surface area contributed by atoms with Crippen LogP contribution in [-0.2, 0) is 0 Å². The van der Waals surface area contributed by atoms with Crippen molar-refractivity contribution in [3.05, 3.63) is 47.2 Å². The highest BCUT2D eigenvalue weighted by atomic mass is 35.5. The summed E-state index contributed by atoms with van der Waals surface area (Å²) in [6, 6.07) is 9.00. The van der Waals surface area contributed by atoms with E-state index in [0.29, 0.717) is 23.8 Å². The van der Waals surface area contributed by atoms with Crippen LogP contribution in [0.4, 0.5) is 0 Å². The van der Waals surface area contributed by atoms with Gasteiger partial charge in [0.05, 0.1) is 16.8 Å².